The van der Waals surface area contributed by atoms with E-state index in [9.17, 15) is 13.2 Å². The number of sulfone groups is 1. The average molecular weight is 342 g/mol. The van der Waals surface area contributed by atoms with Gasteiger partial charge in [-0.2, -0.15) is 0 Å². The largest absolute Gasteiger partial charge is 0.454 e. The van der Waals surface area contributed by atoms with Gasteiger partial charge in [-0.25, -0.2) is 13.2 Å². The number of hydrogen-bond donors (Lipinski definition) is 1. The Morgan fingerprint density at radius 1 is 1.35 bits per heavy atom. The first kappa shape index (κ1) is 17.4. The molecule has 1 atom stereocenters. The van der Waals surface area contributed by atoms with E-state index in [1.807, 2.05) is 18.2 Å². The Kier molecular flexibility index (Phi) is 5.35. The zero-order valence-corrected chi connectivity index (χ0v) is 14.4. The molecule has 1 heterocycles. The maximum absolute atomic E-state index is 12.0. The zero-order chi connectivity index (χ0) is 17.0. The summed E-state index contributed by atoms with van der Waals surface area (Å²) in [5.74, 6) is 1.39. The molecule has 8 heteroatoms. The average Bonchev–Trinajstić information content (AvgIpc) is 2.92. The predicted octanol–water partition coefficient (Wildman–Crippen LogP) is 1.03. The Morgan fingerprint density at radius 3 is 2.74 bits per heavy atom. The van der Waals surface area contributed by atoms with Crippen molar-refractivity contribution in [2.45, 2.75) is 19.4 Å². The quantitative estimate of drug-likeness (QED) is 0.835. The molecule has 128 valence electrons. The van der Waals surface area contributed by atoms with E-state index in [1.165, 1.54) is 4.90 Å². The SMILES string of the molecule is C[C@H](CS(C)(=O)=O)N(C)C(=O)NCCc1ccc2c(c1)OCO2. The number of carbonyl (C=O) groups excluding carboxylic acids is 1. The van der Waals surface area contributed by atoms with Crippen molar-refractivity contribution in [2.75, 3.05) is 32.4 Å². The molecule has 2 amide bonds. The number of ether oxygens (including phenoxy) is 2. The summed E-state index contributed by atoms with van der Waals surface area (Å²) in [5.41, 5.74) is 1.03. The van der Waals surface area contributed by atoms with Crippen LogP contribution in [-0.2, 0) is 16.3 Å². The van der Waals surface area contributed by atoms with Gasteiger partial charge in [0.15, 0.2) is 11.5 Å². The van der Waals surface area contributed by atoms with Crippen LogP contribution < -0.4 is 14.8 Å². The second-order valence-electron chi connectivity index (χ2n) is 5.72. The maximum Gasteiger partial charge on any atom is 0.317 e. The molecule has 0 aromatic heterocycles. The van der Waals surface area contributed by atoms with Crippen molar-refractivity contribution in [3.63, 3.8) is 0 Å². The van der Waals surface area contributed by atoms with E-state index < -0.39 is 9.84 Å². The van der Waals surface area contributed by atoms with E-state index in [1.54, 1.807) is 14.0 Å². The molecule has 0 saturated carbocycles. The van der Waals surface area contributed by atoms with Crippen LogP contribution in [0.2, 0.25) is 0 Å². The van der Waals surface area contributed by atoms with Gasteiger partial charge in [0.25, 0.3) is 0 Å². The summed E-state index contributed by atoms with van der Waals surface area (Å²) in [6, 6.07) is 5.00. The number of amides is 2. The minimum absolute atomic E-state index is 0.0565. The van der Waals surface area contributed by atoms with Crippen molar-refractivity contribution >= 4 is 15.9 Å². The summed E-state index contributed by atoms with van der Waals surface area (Å²) in [7, 11) is -1.53. The summed E-state index contributed by atoms with van der Waals surface area (Å²) >= 11 is 0. The van der Waals surface area contributed by atoms with Gasteiger partial charge in [0, 0.05) is 25.9 Å². The molecule has 1 N–H and O–H groups in total. The van der Waals surface area contributed by atoms with Crippen LogP contribution in [0.3, 0.4) is 0 Å². The highest BCUT2D eigenvalue weighted by Gasteiger charge is 2.19. The molecule has 2 rings (SSSR count). The van der Waals surface area contributed by atoms with E-state index in [4.69, 9.17) is 9.47 Å². The van der Waals surface area contributed by atoms with Crippen molar-refractivity contribution < 1.29 is 22.7 Å². The lowest BCUT2D eigenvalue weighted by molar-refractivity contribution is 0.174. The van der Waals surface area contributed by atoms with Crippen LogP contribution in [0.15, 0.2) is 18.2 Å². The van der Waals surface area contributed by atoms with Crippen molar-refractivity contribution in [1.29, 1.82) is 0 Å². The molecular weight excluding hydrogens is 320 g/mol. The van der Waals surface area contributed by atoms with Crippen LogP contribution >= 0.6 is 0 Å². The van der Waals surface area contributed by atoms with Gasteiger partial charge in [-0.1, -0.05) is 6.07 Å². The Morgan fingerprint density at radius 2 is 2.04 bits per heavy atom. The van der Waals surface area contributed by atoms with Crippen LogP contribution in [0.25, 0.3) is 0 Å². The third-order valence-electron chi connectivity index (χ3n) is 3.65. The first-order valence-electron chi connectivity index (χ1n) is 7.33. The molecule has 1 aliphatic rings. The first-order chi connectivity index (χ1) is 10.8. The molecule has 1 aromatic rings. The van der Waals surface area contributed by atoms with Crippen LogP contribution in [0, 0.1) is 0 Å². The van der Waals surface area contributed by atoms with Crippen LogP contribution in [-0.4, -0.2) is 57.8 Å². The second kappa shape index (κ2) is 7.08. The molecule has 1 aromatic carbocycles. The van der Waals surface area contributed by atoms with E-state index in [0.717, 1.165) is 17.6 Å². The van der Waals surface area contributed by atoms with Gasteiger partial charge in [0.1, 0.15) is 9.84 Å². The van der Waals surface area contributed by atoms with E-state index in [2.05, 4.69) is 5.32 Å². The van der Waals surface area contributed by atoms with E-state index >= 15 is 0 Å². The number of nitrogens with one attached hydrogen (secondary N) is 1. The minimum Gasteiger partial charge on any atom is -0.454 e. The van der Waals surface area contributed by atoms with Crippen LogP contribution in [0.5, 0.6) is 11.5 Å². The molecule has 23 heavy (non-hydrogen) atoms. The highest BCUT2D eigenvalue weighted by Crippen LogP contribution is 2.32. The topological polar surface area (TPSA) is 84.9 Å². The summed E-state index contributed by atoms with van der Waals surface area (Å²) in [6.07, 6.45) is 1.81. The van der Waals surface area contributed by atoms with Crippen molar-refractivity contribution in [1.82, 2.24) is 10.2 Å². The molecule has 0 aliphatic carbocycles. The molecular formula is C15H22N2O5S. The molecule has 0 fully saturated rings. The summed E-state index contributed by atoms with van der Waals surface area (Å²) in [5, 5.41) is 2.79. The summed E-state index contributed by atoms with van der Waals surface area (Å²) < 4.78 is 33.1. The zero-order valence-electron chi connectivity index (χ0n) is 13.5. The fraction of sp³-hybridized carbons (Fsp3) is 0.533. The number of hydrogen-bond acceptors (Lipinski definition) is 5. The maximum atomic E-state index is 12.0. The fourth-order valence-electron chi connectivity index (χ4n) is 2.29. The Hall–Kier alpha value is -1.96. The van der Waals surface area contributed by atoms with Gasteiger partial charge in [0.05, 0.1) is 5.75 Å². The lowest BCUT2D eigenvalue weighted by Crippen LogP contribution is -2.45. The first-order valence-corrected chi connectivity index (χ1v) is 9.39. The van der Waals surface area contributed by atoms with E-state index in [-0.39, 0.29) is 24.6 Å². The van der Waals surface area contributed by atoms with Crippen LogP contribution in [0.1, 0.15) is 12.5 Å². The number of rotatable bonds is 6. The Labute approximate surface area is 136 Å². The predicted molar refractivity (Wildman–Crippen MR) is 86.6 cm³/mol. The molecule has 0 radical (unpaired) electrons. The summed E-state index contributed by atoms with van der Waals surface area (Å²) in [6.45, 7) is 2.39. The number of fused-ring (bicyclic) bond motifs is 1. The number of benzene rings is 1. The fourth-order valence-corrected chi connectivity index (χ4v) is 3.38. The normalized spacial score (nSPS) is 14.4. The standard InChI is InChI=1S/C15H22N2O5S/c1-11(9-23(3,19)20)17(2)15(18)16-7-6-12-4-5-13-14(8-12)22-10-21-13/h4-5,8,11H,6-7,9-10H2,1-3H3,(H,16,18)/t11-/m1/s1. The number of nitrogens with zero attached hydrogens (tertiary/aromatic N) is 1. The third kappa shape index (κ3) is 5.02. The highest BCUT2D eigenvalue weighted by atomic mass is 32.2. The van der Waals surface area contributed by atoms with Gasteiger partial charge in [-0.3, -0.25) is 0 Å². The smallest absolute Gasteiger partial charge is 0.317 e. The van der Waals surface area contributed by atoms with Crippen LogP contribution in [0.4, 0.5) is 4.79 Å². The number of carbonyl (C=O) groups is 1. The number of urea groups is 1. The molecule has 0 spiro atoms. The van der Waals surface area contributed by atoms with Crippen molar-refractivity contribution in [2.24, 2.45) is 0 Å². The molecule has 1 aliphatic heterocycles. The molecule has 7 nitrogen and oxygen atoms in total. The third-order valence-corrected chi connectivity index (χ3v) is 4.74. The van der Waals surface area contributed by atoms with Gasteiger partial charge >= 0.3 is 6.03 Å². The summed E-state index contributed by atoms with van der Waals surface area (Å²) in [4.78, 5) is 13.4. The van der Waals surface area contributed by atoms with Gasteiger partial charge in [-0.05, 0) is 31.0 Å². The minimum atomic E-state index is -3.12. The van der Waals surface area contributed by atoms with Crippen molar-refractivity contribution in [3.05, 3.63) is 23.8 Å². The van der Waals surface area contributed by atoms with Crippen molar-refractivity contribution in [3.8, 4) is 11.5 Å². The Balaban J connectivity index is 1.80. The lowest BCUT2D eigenvalue weighted by atomic mass is 10.1. The van der Waals surface area contributed by atoms with Gasteiger partial charge < -0.3 is 19.7 Å². The highest BCUT2D eigenvalue weighted by molar-refractivity contribution is 7.90. The Bertz CT molecular complexity index is 674. The molecule has 0 saturated heterocycles. The van der Waals surface area contributed by atoms with Gasteiger partial charge in [-0.15, -0.1) is 0 Å². The monoisotopic (exact) mass is 342 g/mol. The molecule has 0 unspecified atom stereocenters. The van der Waals surface area contributed by atoms with Gasteiger partial charge in [0.2, 0.25) is 6.79 Å². The van der Waals surface area contributed by atoms with E-state index in [0.29, 0.717) is 18.7 Å². The molecule has 0 bridgehead atoms. The second-order valence-corrected chi connectivity index (χ2v) is 7.91. The lowest BCUT2D eigenvalue weighted by Gasteiger charge is -2.24.